The van der Waals surface area contributed by atoms with E-state index in [1.807, 2.05) is 35.2 Å². The molecule has 1 saturated heterocycles. The molecule has 22 heavy (non-hydrogen) atoms. The Morgan fingerprint density at radius 2 is 1.82 bits per heavy atom. The number of benzene rings is 1. The molecule has 1 aromatic carbocycles. The Morgan fingerprint density at radius 1 is 1.09 bits per heavy atom. The molecule has 1 aromatic heterocycles. The van der Waals surface area contributed by atoms with Crippen LogP contribution < -0.4 is 15.8 Å². The molecule has 1 aliphatic rings. The molecule has 0 saturated carbocycles. The van der Waals surface area contributed by atoms with Gasteiger partial charge in [0.2, 0.25) is 11.6 Å². The lowest BCUT2D eigenvalue weighted by atomic mass is 10.3. The van der Waals surface area contributed by atoms with Crippen molar-refractivity contribution in [3.63, 3.8) is 0 Å². The van der Waals surface area contributed by atoms with Gasteiger partial charge in [0.1, 0.15) is 6.33 Å². The fraction of sp³-hybridized carbons (Fsp3) is 0.286. The van der Waals surface area contributed by atoms with Crippen molar-refractivity contribution in [3.8, 4) is 0 Å². The van der Waals surface area contributed by atoms with Crippen LogP contribution in [0.25, 0.3) is 0 Å². The molecular weight excluding hydrogens is 284 g/mol. The van der Waals surface area contributed by atoms with E-state index in [1.165, 1.54) is 6.33 Å². The Hall–Kier alpha value is -2.90. The van der Waals surface area contributed by atoms with Gasteiger partial charge in [-0.1, -0.05) is 18.2 Å². The zero-order valence-corrected chi connectivity index (χ0v) is 11.9. The van der Waals surface area contributed by atoms with E-state index in [1.54, 1.807) is 0 Å². The first-order valence-electron chi connectivity index (χ1n) is 7.07. The van der Waals surface area contributed by atoms with Crippen molar-refractivity contribution in [2.24, 2.45) is 0 Å². The smallest absolute Gasteiger partial charge is 0.351 e. The van der Waals surface area contributed by atoms with Gasteiger partial charge in [-0.3, -0.25) is 21.0 Å². The summed E-state index contributed by atoms with van der Waals surface area (Å²) >= 11 is 0. The summed E-state index contributed by atoms with van der Waals surface area (Å²) in [6.07, 6.45) is 3.38. The highest BCUT2D eigenvalue weighted by molar-refractivity contribution is 5.71. The average Bonchev–Trinajstić information content (AvgIpc) is 3.07. The van der Waals surface area contributed by atoms with Crippen molar-refractivity contribution < 1.29 is 4.92 Å². The lowest BCUT2D eigenvalue weighted by molar-refractivity contribution is -0.383. The van der Waals surface area contributed by atoms with E-state index < -0.39 is 4.92 Å². The molecule has 8 nitrogen and oxygen atoms in total. The summed E-state index contributed by atoms with van der Waals surface area (Å²) in [7, 11) is 0. The highest BCUT2D eigenvalue weighted by Gasteiger charge is 2.28. The molecule has 0 atom stereocenters. The van der Waals surface area contributed by atoms with E-state index in [0.717, 1.165) is 31.6 Å². The van der Waals surface area contributed by atoms with Gasteiger partial charge < -0.3 is 4.90 Å². The highest BCUT2D eigenvalue weighted by atomic mass is 16.6. The number of para-hydroxylation sites is 1. The molecule has 2 aromatic rings. The number of nitro groups is 1. The highest BCUT2D eigenvalue weighted by Crippen LogP contribution is 2.33. The van der Waals surface area contributed by atoms with Crippen molar-refractivity contribution in [2.45, 2.75) is 12.8 Å². The molecule has 2 N–H and O–H groups in total. The third-order valence-corrected chi connectivity index (χ3v) is 3.49. The molecular formula is C14H16N6O2. The predicted octanol–water partition coefficient (Wildman–Crippen LogP) is 2.42. The standard InChI is InChI=1S/C14H16N6O2/c21-20(22)12-13(18-17-11-6-2-1-3-7-11)15-10-16-14(12)19-8-4-5-9-19/h1-3,6-7,10,17H,4-5,8-9H2,(H,15,16,18). The maximum absolute atomic E-state index is 11.4. The number of hydrogen-bond donors (Lipinski definition) is 2. The predicted molar refractivity (Wildman–Crippen MR) is 83.8 cm³/mol. The number of aromatic nitrogens is 2. The molecule has 0 radical (unpaired) electrons. The fourth-order valence-electron chi connectivity index (χ4n) is 2.44. The largest absolute Gasteiger partial charge is 0.355 e. The molecule has 1 fully saturated rings. The van der Waals surface area contributed by atoms with Gasteiger partial charge in [-0.2, -0.15) is 0 Å². The van der Waals surface area contributed by atoms with Crippen LogP contribution in [0.5, 0.6) is 0 Å². The topological polar surface area (TPSA) is 96.2 Å². The lowest BCUT2D eigenvalue weighted by Gasteiger charge is -2.17. The molecule has 114 valence electrons. The van der Waals surface area contributed by atoms with Crippen LogP contribution >= 0.6 is 0 Å². The first-order valence-corrected chi connectivity index (χ1v) is 7.07. The first kappa shape index (κ1) is 14.1. The maximum Gasteiger partial charge on any atom is 0.355 e. The molecule has 0 spiro atoms. The van der Waals surface area contributed by atoms with Crippen molar-refractivity contribution in [1.29, 1.82) is 0 Å². The second-order valence-electron chi connectivity index (χ2n) is 4.96. The minimum Gasteiger partial charge on any atom is -0.351 e. The summed E-state index contributed by atoms with van der Waals surface area (Å²) in [6.45, 7) is 1.56. The maximum atomic E-state index is 11.4. The quantitative estimate of drug-likeness (QED) is 0.646. The van der Waals surface area contributed by atoms with Crippen LogP contribution in [0.4, 0.5) is 23.0 Å². The number of nitrogens with one attached hydrogen (secondary N) is 2. The number of hydrazine groups is 1. The zero-order valence-electron chi connectivity index (χ0n) is 11.9. The Kier molecular flexibility index (Phi) is 3.99. The van der Waals surface area contributed by atoms with E-state index in [9.17, 15) is 10.1 Å². The molecule has 0 unspecified atom stereocenters. The fourth-order valence-corrected chi connectivity index (χ4v) is 2.44. The van der Waals surface area contributed by atoms with Crippen LogP contribution in [0.1, 0.15) is 12.8 Å². The zero-order chi connectivity index (χ0) is 15.4. The Bertz CT molecular complexity index is 658. The monoisotopic (exact) mass is 300 g/mol. The normalized spacial score (nSPS) is 13.9. The minimum absolute atomic E-state index is 0.104. The van der Waals surface area contributed by atoms with E-state index >= 15 is 0 Å². The Morgan fingerprint density at radius 3 is 2.50 bits per heavy atom. The summed E-state index contributed by atoms with van der Waals surface area (Å²) < 4.78 is 0. The van der Waals surface area contributed by atoms with Gasteiger partial charge in [-0.05, 0) is 25.0 Å². The van der Waals surface area contributed by atoms with E-state index in [2.05, 4.69) is 20.8 Å². The molecule has 0 amide bonds. The molecule has 1 aliphatic heterocycles. The Labute approximate surface area is 127 Å². The summed E-state index contributed by atoms with van der Waals surface area (Å²) in [5, 5.41) is 11.4. The van der Waals surface area contributed by atoms with Crippen LogP contribution in [0.2, 0.25) is 0 Å². The SMILES string of the molecule is O=[N+]([O-])c1c(NNc2ccccc2)ncnc1N1CCCC1. The third-order valence-electron chi connectivity index (χ3n) is 3.49. The summed E-state index contributed by atoms with van der Waals surface area (Å²) in [4.78, 5) is 21.0. The first-order chi connectivity index (χ1) is 10.8. The van der Waals surface area contributed by atoms with Crippen LogP contribution in [0.15, 0.2) is 36.7 Å². The molecule has 0 bridgehead atoms. The molecule has 0 aliphatic carbocycles. The van der Waals surface area contributed by atoms with Crippen LogP contribution in [-0.2, 0) is 0 Å². The number of nitrogens with zero attached hydrogens (tertiary/aromatic N) is 4. The van der Waals surface area contributed by atoms with Crippen LogP contribution in [0, 0.1) is 10.1 Å². The average molecular weight is 300 g/mol. The second-order valence-corrected chi connectivity index (χ2v) is 4.96. The molecule has 8 heteroatoms. The number of rotatable bonds is 5. The van der Waals surface area contributed by atoms with E-state index in [0.29, 0.717) is 5.82 Å². The van der Waals surface area contributed by atoms with E-state index in [-0.39, 0.29) is 11.5 Å². The number of anilines is 3. The van der Waals surface area contributed by atoms with Gasteiger partial charge >= 0.3 is 5.69 Å². The van der Waals surface area contributed by atoms with Gasteiger partial charge in [-0.15, -0.1) is 0 Å². The van der Waals surface area contributed by atoms with Crippen molar-refractivity contribution >= 4 is 23.0 Å². The summed E-state index contributed by atoms with van der Waals surface area (Å²) in [5.41, 5.74) is 6.40. The lowest BCUT2D eigenvalue weighted by Crippen LogP contribution is -2.22. The van der Waals surface area contributed by atoms with Crippen molar-refractivity contribution in [3.05, 3.63) is 46.8 Å². The summed E-state index contributed by atoms with van der Waals surface area (Å²) in [6, 6.07) is 9.33. The van der Waals surface area contributed by atoms with Crippen LogP contribution in [-0.4, -0.2) is 28.0 Å². The van der Waals surface area contributed by atoms with Gasteiger partial charge in [0.25, 0.3) is 0 Å². The minimum atomic E-state index is -0.442. The second kappa shape index (κ2) is 6.25. The van der Waals surface area contributed by atoms with Crippen molar-refractivity contribution in [2.75, 3.05) is 28.8 Å². The van der Waals surface area contributed by atoms with E-state index in [4.69, 9.17) is 0 Å². The van der Waals surface area contributed by atoms with Crippen molar-refractivity contribution in [1.82, 2.24) is 9.97 Å². The Balaban J connectivity index is 1.86. The molecule has 2 heterocycles. The summed E-state index contributed by atoms with van der Waals surface area (Å²) in [5.74, 6) is 0.528. The number of hydrogen-bond acceptors (Lipinski definition) is 7. The van der Waals surface area contributed by atoms with Gasteiger partial charge in [0, 0.05) is 13.1 Å². The third kappa shape index (κ3) is 2.90. The van der Waals surface area contributed by atoms with Gasteiger partial charge in [0.05, 0.1) is 10.6 Å². The van der Waals surface area contributed by atoms with Gasteiger partial charge in [0.15, 0.2) is 0 Å². The van der Waals surface area contributed by atoms with Gasteiger partial charge in [-0.25, -0.2) is 9.97 Å². The molecule has 3 rings (SSSR count). The van der Waals surface area contributed by atoms with Crippen LogP contribution in [0.3, 0.4) is 0 Å².